The standard InChI is InChI=1S/C41H42ClN3O7/c1-26-36(28-16-8-4-9-17-28)51-40(50)34-32-21-22-41(52-32)35(34)38(48)45(29(25-46)24-27-14-6-3-7-15-27)37(41)39(49)44(31-19-12-11-18-30(31)42)23-13-5-10-20-33(47)43(26)2/h3-9,11-19,21-22,26,29,32,34-37,46H,10,20,23-25H2,1-2H3/b13-5-/t26-,29-,32+,34-,35-,36+,37+,41-/m1/s1. The fraction of sp³-hybridized carbons (Fsp3) is 0.366. The molecular formula is C41H42ClN3O7. The molecule has 11 heteroatoms. The van der Waals surface area contributed by atoms with E-state index in [-0.39, 0.29) is 25.3 Å². The summed E-state index contributed by atoms with van der Waals surface area (Å²) in [5.41, 5.74) is 0.465. The second kappa shape index (κ2) is 14.7. The smallest absolute Gasteiger partial charge is 0.313 e. The van der Waals surface area contributed by atoms with Crippen molar-refractivity contribution in [3.8, 4) is 0 Å². The molecule has 3 aromatic rings. The van der Waals surface area contributed by atoms with Crippen LogP contribution in [0.15, 0.2) is 109 Å². The van der Waals surface area contributed by atoms with E-state index in [1.165, 1.54) is 9.80 Å². The third-order valence-corrected chi connectivity index (χ3v) is 11.3. The van der Waals surface area contributed by atoms with Crippen LogP contribution in [-0.4, -0.2) is 88.6 Å². The number of aliphatic hydroxyl groups is 1. The number of allylic oxidation sites excluding steroid dienone is 1. The number of carbonyl (C=O) groups excluding carboxylic acids is 4. The maximum absolute atomic E-state index is 15.2. The number of hydrogen-bond donors (Lipinski definition) is 1. The van der Waals surface area contributed by atoms with Crippen LogP contribution in [-0.2, 0) is 35.1 Å². The number of benzene rings is 3. The van der Waals surface area contributed by atoms with E-state index in [0.717, 1.165) is 5.56 Å². The maximum atomic E-state index is 15.2. The Kier molecular flexibility index (Phi) is 10.1. The fourth-order valence-electron chi connectivity index (χ4n) is 8.22. The largest absolute Gasteiger partial charge is 0.455 e. The number of para-hydroxylation sites is 1. The molecule has 1 spiro atoms. The molecule has 0 unspecified atom stereocenters. The first-order valence-electron chi connectivity index (χ1n) is 17.7. The number of likely N-dealkylation sites (tertiary alicyclic amines) is 1. The molecule has 0 radical (unpaired) electrons. The van der Waals surface area contributed by atoms with Crippen molar-refractivity contribution >= 4 is 41.0 Å². The Labute approximate surface area is 308 Å². The molecule has 3 aromatic carbocycles. The predicted octanol–water partition coefficient (Wildman–Crippen LogP) is 4.91. The summed E-state index contributed by atoms with van der Waals surface area (Å²) in [6, 6.07) is 23.0. The van der Waals surface area contributed by atoms with Gasteiger partial charge in [-0.05, 0) is 43.0 Å². The lowest BCUT2D eigenvalue weighted by Crippen LogP contribution is -2.59. The minimum atomic E-state index is -1.52. The number of fused-ring (bicyclic) bond motifs is 2. The molecule has 0 aromatic heterocycles. The molecule has 52 heavy (non-hydrogen) atoms. The highest BCUT2D eigenvalue weighted by Crippen LogP contribution is 2.56. The number of esters is 1. The van der Waals surface area contributed by atoms with Gasteiger partial charge in [0, 0.05) is 20.0 Å². The molecule has 5 bridgehead atoms. The van der Waals surface area contributed by atoms with Crippen molar-refractivity contribution in [2.75, 3.05) is 25.1 Å². The Bertz CT molecular complexity index is 1890. The van der Waals surface area contributed by atoms with E-state index in [1.807, 2.05) is 79.7 Å². The van der Waals surface area contributed by atoms with Crippen LogP contribution in [0.5, 0.6) is 0 Å². The van der Waals surface area contributed by atoms with Gasteiger partial charge in [-0.3, -0.25) is 19.2 Å². The summed E-state index contributed by atoms with van der Waals surface area (Å²) in [6.45, 7) is 1.48. The second-order valence-electron chi connectivity index (χ2n) is 13.9. The molecule has 4 aliphatic rings. The summed E-state index contributed by atoms with van der Waals surface area (Å²) in [5.74, 6) is -3.95. The summed E-state index contributed by atoms with van der Waals surface area (Å²) in [4.78, 5) is 62.7. The van der Waals surface area contributed by atoms with Crippen LogP contribution >= 0.6 is 11.6 Å². The van der Waals surface area contributed by atoms with Gasteiger partial charge in [-0.1, -0.05) is 109 Å². The summed E-state index contributed by atoms with van der Waals surface area (Å²) < 4.78 is 13.0. The van der Waals surface area contributed by atoms with E-state index >= 15 is 4.79 Å². The Morgan fingerprint density at radius 3 is 2.33 bits per heavy atom. The zero-order valence-corrected chi connectivity index (χ0v) is 29.8. The number of halogens is 1. The van der Waals surface area contributed by atoms with E-state index in [2.05, 4.69) is 0 Å². The molecule has 2 saturated heterocycles. The Morgan fingerprint density at radius 1 is 0.923 bits per heavy atom. The number of hydrogen-bond acceptors (Lipinski definition) is 7. The van der Waals surface area contributed by atoms with Gasteiger partial charge < -0.3 is 29.3 Å². The minimum absolute atomic E-state index is 0.0828. The summed E-state index contributed by atoms with van der Waals surface area (Å²) in [6.07, 6.45) is 6.30. The highest BCUT2D eigenvalue weighted by Gasteiger charge is 2.74. The van der Waals surface area contributed by atoms with Gasteiger partial charge in [-0.25, -0.2) is 0 Å². The van der Waals surface area contributed by atoms with Crippen molar-refractivity contribution in [2.24, 2.45) is 11.8 Å². The molecular weight excluding hydrogens is 682 g/mol. The van der Waals surface area contributed by atoms with Crippen molar-refractivity contribution in [1.82, 2.24) is 9.80 Å². The van der Waals surface area contributed by atoms with Crippen LogP contribution in [0, 0.1) is 11.8 Å². The van der Waals surface area contributed by atoms with Gasteiger partial charge in [0.05, 0.1) is 41.4 Å². The molecule has 1 N–H and O–H groups in total. The first kappa shape index (κ1) is 35.6. The number of anilines is 1. The van der Waals surface area contributed by atoms with E-state index in [0.29, 0.717) is 22.7 Å². The average Bonchev–Trinajstić information content (AvgIpc) is 3.81. The van der Waals surface area contributed by atoms with Gasteiger partial charge >= 0.3 is 5.97 Å². The highest BCUT2D eigenvalue weighted by molar-refractivity contribution is 6.34. The van der Waals surface area contributed by atoms with Gasteiger partial charge in [-0.15, -0.1) is 0 Å². The lowest BCUT2D eigenvalue weighted by Gasteiger charge is -2.39. The average molecular weight is 724 g/mol. The van der Waals surface area contributed by atoms with Gasteiger partial charge in [0.15, 0.2) is 0 Å². The number of aliphatic hydroxyl groups excluding tert-OH is 1. The number of nitrogens with zero attached hydrogens (tertiary/aromatic N) is 3. The third-order valence-electron chi connectivity index (χ3n) is 10.9. The molecule has 0 saturated carbocycles. The van der Waals surface area contributed by atoms with Gasteiger partial charge in [0.2, 0.25) is 11.8 Å². The van der Waals surface area contributed by atoms with Crippen LogP contribution in [0.4, 0.5) is 5.69 Å². The SMILES string of the molecule is C[C@@H]1[C@@H](c2ccccc2)OC(=O)[C@@H]2[C@@H]3C=C[C@]4(O3)[C@H](C(=O)N(c3ccccc3Cl)C/C=C\CCC(=O)N1C)N([C@@H](CO)Cc1ccccc1)C(=O)[C@@H]24. The fourth-order valence-corrected chi connectivity index (χ4v) is 8.45. The van der Waals surface area contributed by atoms with E-state index in [4.69, 9.17) is 21.1 Å². The monoisotopic (exact) mass is 723 g/mol. The summed E-state index contributed by atoms with van der Waals surface area (Å²) in [5, 5.41) is 11.2. The molecule has 8 atom stereocenters. The van der Waals surface area contributed by atoms with Crippen molar-refractivity contribution < 1.29 is 33.8 Å². The zero-order chi connectivity index (χ0) is 36.6. The molecule has 4 aliphatic heterocycles. The number of ether oxygens (including phenoxy) is 2. The number of amides is 3. The van der Waals surface area contributed by atoms with Crippen molar-refractivity contribution in [1.29, 1.82) is 0 Å². The first-order chi connectivity index (χ1) is 25.2. The van der Waals surface area contributed by atoms with E-state index in [9.17, 15) is 19.5 Å². The molecule has 270 valence electrons. The lowest BCUT2D eigenvalue weighted by atomic mass is 9.74. The topological polar surface area (TPSA) is 117 Å². The number of rotatable bonds is 6. The lowest BCUT2D eigenvalue weighted by molar-refractivity contribution is -0.164. The van der Waals surface area contributed by atoms with Crippen LogP contribution in [0.3, 0.4) is 0 Å². The number of carbonyl (C=O) groups is 4. The van der Waals surface area contributed by atoms with Crippen LogP contribution < -0.4 is 4.90 Å². The van der Waals surface area contributed by atoms with Crippen molar-refractivity contribution in [3.63, 3.8) is 0 Å². The molecule has 7 rings (SSSR count). The summed E-state index contributed by atoms with van der Waals surface area (Å²) >= 11 is 6.71. The number of cyclic esters (lactones) is 1. The van der Waals surface area contributed by atoms with Crippen LogP contribution in [0.2, 0.25) is 5.02 Å². The molecule has 2 fully saturated rings. The van der Waals surface area contributed by atoms with Crippen LogP contribution in [0.25, 0.3) is 0 Å². The van der Waals surface area contributed by atoms with Gasteiger partial charge in [0.1, 0.15) is 23.7 Å². The summed E-state index contributed by atoms with van der Waals surface area (Å²) in [7, 11) is 1.69. The molecule has 4 heterocycles. The normalized spacial score (nSPS) is 30.4. The van der Waals surface area contributed by atoms with Gasteiger partial charge in [0.25, 0.3) is 5.91 Å². The number of likely N-dealkylation sites (N-methyl/N-ethyl adjacent to an activating group) is 1. The third kappa shape index (κ3) is 6.22. The Hall–Kier alpha value is -4.77. The Morgan fingerprint density at radius 2 is 1.62 bits per heavy atom. The van der Waals surface area contributed by atoms with Crippen LogP contribution in [0.1, 0.15) is 37.0 Å². The molecule has 3 amide bonds. The first-order valence-corrected chi connectivity index (χ1v) is 18.1. The van der Waals surface area contributed by atoms with Gasteiger partial charge in [-0.2, -0.15) is 0 Å². The predicted molar refractivity (Wildman–Crippen MR) is 195 cm³/mol. The van der Waals surface area contributed by atoms with Crippen molar-refractivity contribution in [3.05, 3.63) is 125 Å². The maximum Gasteiger partial charge on any atom is 0.313 e. The minimum Gasteiger partial charge on any atom is -0.455 e. The molecule has 0 aliphatic carbocycles. The Balaban J connectivity index is 1.36. The quantitative estimate of drug-likeness (QED) is 0.284. The molecule has 10 nitrogen and oxygen atoms in total. The second-order valence-corrected chi connectivity index (χ2v) is 14.3. The van der Waals surface area contributed by atoms with E-state index < -0.39 is 72.2 Å². The van der Waals surface area contributed by atoms with E-state index in [1.54, 1.807) is 48.4 Å². The van der Waals surface area contributed by atoms with Crippen molar-refractivity contribution in [2.45, 2.75) is 62.1 Å². The highest BCUT2D eigenvalue weighted by atomic mass is 35.5. The zero-order valence-electron chi connectivity index (χ0n) is 29.1.